The number of nitrogens with one attached hydrogen (secondary N) is 1. The van der Waals surface area contributed by atoms with Crippen molar-refractivity contribution < 1.29 is 23.3 Å². The van der Waals surface area contributed by atoms with Crippen LogP contribution in [-0.4, -0.2) is 55.5 Å². The minimum absolute atomic E-state index is 0.255. The summed E-state index contributed by atoms with van der Waals surface area (Å²) in [5.41, 5.74) is 0.423. The summed E-state index contributed by atoms with van der Waals surface area (Å²) < 4.78 is 26.9. The van der Waals surface area contributed by atoms with Gasteiger partial charge in [-0.25, -0.2) is 8.42 Å². The van der Waals surface area contributed by atoms with E-state index in [-0.39, 0.29) is 18.0 Å². The van der Waals surface area contributed by atoms with Crippen molar-refractivity contribution in [1.82, 2.24) is 4.31 Å². The minimum atomic E-state index is -3.93. The van der Waals surface area contributed by atoms with E-state index in [0.717, 1.165) is 10.5 Å². The van der Waals surface area contributed by atoms with Gasteiger partial charge >= 0.3 is 0 Å². The van der Waals surface area contributed by atoms with Crippen molar-refractivity contribution in [3.8, 4) is 0 Å². The highest BCUT2D eigenvalue weighted by Gasteiger charge is 2.35. The van der Waals surface area contributed by atoms with Gasteiger partial charge < -0.3 is 10.0 Å². The molecule has 0 aromatic heterocycles. The van der Waals surface area contributed by atoms with Gasteiger partial charge in [-0.05, 0) is 11.6 Å². The molecule has 0 amide bonds. The average molecular weight is 392 g/mol. The van der Waals surface area contributed by atoms with Crippen LogP contribution >= 0.6 is 0 Å². The quantitative estimate of drug-likeness (QED) is 0.540. The van der Waals surface area contributed by atoms with E-state index >= 15 is 0 Å². The van der Waals surface area contributed by atoms with Crippen LogP contribution in [0.3, 0.4) is 0 Å². The Morgan fingerprint density at radius 2 is 1.67 bits per heavy atom. The van der Waals surface area contributed by atoms with E-state index < -0.39 is 26.7 Å². The third-order valence-corrected chi connectivity index (χ3v) is 6.72. The first-order valence-corrected chi connectivity index (χ1v) is 10.1. The number of para-hydroxylation sites is 1. The number of hydrogen-bond donors (Lipinski definition) is 2. The van der Waals surface area contributed by atoms with Gasteiger partial charge in [0.05, 0.1) is 31.1 Å². The van der Waals surface area contributed by atoms with Crippen molar-refractivity contribution in [2.45, 2.75) is 11.0 Å². The Morgan fingerprint density at radius 1 is 1.07 bits per heavy atom. The molecule has 0 unspecified atom stereocenters. The number of nitro benzene ring substituents is 1. The predicted molar refractivity (Wildman–Crippen MR) is 98.8 cm³/mol. The zero-order valence-corrected chi connectivity index (χ0v) is 15.5. The second kappa shape index (κ2) is 8.13. The Kier molecular flexibility index (Phi) is 5.85. The van der Waals surface area contributed by atoms with Crippen LogP contribution in [0.1, 0.15) is 11.7 Å². The van der Waals surface area contributed by atoms with Crippen molar-refractivity contribution in [2.75, 3.05) is 32.7 Å². The Hall–Kier alpha value is -2.33. The molecule has 2 aromatic carbocycles. The third kappa shape index (κ3) is 4.33. The SMILES string of the molecule is O=[N+]([O-])c1ccccc1S(=O)(=O)N1CC[NH+](C[C@H](O)c2ccccc2)CC1. The number of nitro groups is 1. The third-order valence-electron chi connectivity index (χ3n) is 4.78. The van der Waals surface area contributed by atoms with E-state index in [4.69, 9.17) is 0 Å². The topological polar surface area (TPSA) is 105 Å². The molecule has 0 aliphatic carbocycles. The van der Waals surface area contributed by atoms with Gasteiger partial charge in [0, 0.05) is 6.07 Å². The van der Waals surface area contributed by atoms with Gasteiger partial charge in [-0.15, -0.1) is 0 Å². The minimum Gasteiger partial charge on any atom is -0.382 e. The highest BCUT2D eigenvalue weighted by molar-refractivity contribution is 7.89. The Balaban J connectivity index is 1.66. The van der Waals surface area contributed by atoms with Gasteiger partial charge in [0.1, 0.15) is 12.6 Å². The summed E-state index contributed by atoms with van der Waals surface area (Å²) in [7, 11) is -3.93. The largest absolute Gasteiger partial charge is 0.382 e. The van der Waals surface area contributed by atoms with Crippen LogP contribution in [0.2, 0.25) is 0 Å². The first-order valence-electron chi connectivity index (χ1n) is 8.70. The van der Waals surface area contributed by atoms with Gasteiger partial charge in [-0.2, -0.15) is 4.31 Å². The summed E-state index contributed by atoms with van der Waals surface area (Å²) in [5, 5.41) is 21.5. The molecule has 0 saturated carbocycles. The maximum atomic E-state index is 12.8. The molecule has 8 nitrogen and oxygen atoms in total. The standard InChI is InChI=1S/C18H21N3O5S/c22-17(15-6-2-1-3-7-15)14-19-10-12-20(13-11-19)27(25,26)18-9-5-4-8-16(18)21(23)24/h1-9,17,22H,10-14H2/p+1/t17-/m0/s1. The molecule has 0 bridgehead atoms. The maximum absolute atomic E-state index is 12.8. The molecule has 2 aromatic rings. The number of piperazine rings is 1. The van der Waals surface area contributed by atoms with Crippen LogP contribution in [0.5, 0.6) is 0 Å². The van der Waals surface area contributed by atoms with Crippen LogP contribution < -0.4 is 4.90 Å². The molecule has 1 heterocycles. The summed E-state index contributed by atoms with van der Waals surface area (Å²) in [6, 6.07) is 14.7. The number of aliphatic hydroxyl groups is 1. The number of rotatable bonds is 6. The van der Waals surface area contributed by atoms with Crippen LogP contribution in [0.25, 0.3) is 0 Å². The molecule has 9 heteroatoms. The highest BCUT2D eigenvalue weighted by atomic mass is 32.2. The molecular weight excluding hydrogens is 370 g/mol. The molecule has 144 valence electrons. The first-order chi connectivity index (χ1) is 12.9. The lowest BCUT2D eigenvalue weighted by Crippen LogP contribution is -3.15. The number of quaternary nitrogens is 1. The van der Waals surface area contributed by atoms with Crippen molar-refractivity contribution >= 4 is 15.7 Å². The number of benzene rings is 2. The second-order valence-corrected chi connectivity index (χ2v) is 8.42. The second-order valence-electron chi connectivity index (χ2n) is 6.51. The predicted octanol–water partition coefficient (Wildman–Crippen LogP) is 0.218. The Labute approximate surface area is 157 Å². The van der Waals surface area contributed by atoms with E-state index in [2.05, 4.69) is 0 Å². The number of hydrogen-bond acceptors (Lipinski definition) is 5. The molecular formula is C18H22N3O5S+. The van der Waals surface area contributed by atoms with Crippen molar-refractivity contribution in [2.24, 2.45) is 0 Å². The molecule has 0 spiro atoms. The molecule has 27 heavy (non-hydrogen) atoms. The monoisotopic (exact) mass is 392 g/mol. The molecule has 1 fully saturated rings. The average Bonchev–Trinajstić information content (AvgIpc) is 2.69. The molecule has 1 aliphatic heterocycles. The summed E-state index contributed by atoms with van der Waals surface area (Å²) in [6.07, 6.45) is -0.612. The van der Waals surface area contributed by atoms with E-state index in [1.165, 1.54) is 28.6 Å². The van der Waals surface area contributed by atoms with Crippen LogP contribution in [0, 0.1) is 10.1 Å². The van der Waals surface area contributed by atoms with Crippen LogP contribution in [0.4, 0.5) is 5.69 Å². The highest BCUT2D eigenvalue weighted by Crippen LogP contribution is 2.26. The summed E-state index contributed by atoms with van der Waals surface area (Å²) in [6.45, 7) is 2.06. The molecule has 2 N–H and O–H groups in total. The molecule has 0 radical (unpaired) electrons. The summed E-state index contributed by atoms with van der Waals surface area (Å²) >= 11 is 0. The lowest BCUT2D eigenvalue weighted by atomic mass is 10.1. The van der Waals surface area contributed by atoms with Crippen molar-refractivity contribution in [3.63, 3.8) is 0 Å². The zero-order valence-electron chi connectivity index (χ0n) is 14.7. The van der Waals surface area contributed by atoms with E-state index in [1.54, 1.807) is 0 Å². The van der Waals surface area contributed by atoms with Gasteiger partial charge in [0.2, 0.25) is 10.0 Å². The Morgan fingerprint density at radius 3 is 2.30 bits per heavy atom. The normalized spacial score (nSPS) is 17.5. The van der Waals surface area contributed by atoms with E-state index in [9.17, 15) is 23.6 Å². The van der Waals surface area contributed by atoms with Crippen molar-refractivity contribution in [1.29, 1.82) is 0 Å². The molecule has 1 aliphatic rings. The maximum Gasteiger partial charge on any atom is 0.289 e. The molecule has 1 saturated heterocycles. The number of nitrogens with zero attached hydrogens (tertiary/aromatic N) is 2. The lowest BCUT2D eigenvalue weighted by molar-refractivity contribution is -0.907. The summed E-state index contributed by atoms with van der Waals surface area (Å²) in [4.78, 5) is 11.3. The van der Waals surface area contributed by atoms with Gasteiger partial charge in [0.15, 0.2) is 4.90 Å². The fraction of sp³-hybridized carbons (Fsp3) is 0.333. The van der Waals surface area contributed by atoms with E-state index in [1.807, 2.05) is 30.3 Å². The smallest absolute Gasteiger partial charge is 0.289 e. The number of aliphatic hydroxyl groups excluding tert-OH is 1. The lowest BCUT2D eigenvalue weighted by Gasteiger charge is -2.32. The van der Waals surface area contributed by atoms with Crippen molar-refractivity contribution in [3.05, 3.63) is 70.3 Å². The Bertz CT molecular complexity index is 896. The van der Waals surface area contributed by atoms with Gasteiger partial charge in [-0.1, -0.05) is 42.5 Å². The van der Waals surface area contributed by atoms with Gasteiger partial charge in [0.25, 0.3) is 5.69 Å². The first kappa shape index (κ1) is 19.4. The summed E-state index contributed by atoms with van der Waals surface area (Å²) in [5.74, 6) is 0. The molecule has 1 atom stereocenters. The molecule has 3 rings (SSSR count). The fourth-order valence-electron chi connectivity index (χ4n) is 3.28. The number of sulfonamides is 1. The van der Waals surface area contributed by atoms with Crippen LogP contribution in [-0.2, 0) is 10.0 Å². The van der Waals surface area contributed by atoms with Crippen LogP contribution in [0.15, 0.2) is 59.5 Å². The fourth-order valence-corrected chi connectivity index (χ4v) is 4.88. The van der Waals surface area contributed by atoms with E-state index in [0.29, 0.717) is 19.6 Å². The zero-order chi connectivity index (χ0) is 19.4. The van der Waals surface area contributed by atoms with Gasteiger partial charge in [-0.3, -0.25) is 10.1 Å².